The van der Waals surface area contributed by atoms with Crippen molar-refractivity contribution in [2.75, 3.05) is 14.2 Å². The minimum absolute atomic E-state index is 0.155. The highest BCUT2D eigenvalue weighted by molar-refractivity contribution is 5.95. The van der Waals surface area contributed by atoms with Gasteiger partial charge in [0, 0.05) is 29.7 Å². The molecule has 22 heavy (non-hydrogen) atoms. The van der Waals surface area contributed by atoms with Crippen molar-refractivity contribution in [3.8, 4) is 22.6 Å². The zero-order chi connectivity index (χ0) is 15.7. The lowest BCUT2D eigenvalue weighted by atomic mass is 10.00. The van der Waals surface area contributed by atoms with Crippen LogP contribution in [0.1, 0.15) is 5.56 Å². The fraction of sp³-hybridized carbons (Fsp3) is 0.176. The minimum atomic E-state index is -0.155. The first-order chi connectivity index (χ1) is 10.7. The van der Waals surface area contributed by atoms with E-state index in [2.05, 4.69) is 9.97 Å². The number of nitrogens with one attached hydrogen (secondary N) is 1. The molecule has 0 unspecified atom stereocenters. The minimum Gasteiger partial charge on any atom is -0.496 e. The third-order valence-electron chi connectivity index (χ3n) is 3.77. The van der Waals surface area contributed by atoms with Gasteiger partial charge in [-0.1, -0.05) is 0 Å². The Hall–Kier alpha value is -2.82. The third kappa shape index (κ3) is 2.20. The number of aromatic amines is 1. The summed E-state index contributed by atoms with van der Waals surface area (Å²) in [5.74, 6) is 1.48. The summed E-state index contributed by atoms with van der Waals surface area (Å²) in [6.07, 6.45) is 4.95. The van der Waals surface area contributed by atoms with Crippen LogP contribution in [0, 0.1) is 6.92 Å². The Morgan fingerprint density at radius 1 is 1.09 bits per heavy atom. The van der Waals surface area contributed by atoms with Crippen molar-refractivity contribution in [1.29, 1.82) is 0 Å². The zero-order valence-electron chi connectivity index (χ0n) is 12.6. The van der Waals surface area contributed by atoms with E-state index in [1.54, 1.807) is 32.8 Å². The van der Waals surface area contributed by atoms with Gasteiger partial charge in [-0.3, -0.25) is 9.78 Å². The van der Waals surface area contributed by atoms with Crippen molar-refractivity contribution in [2.24, 2.45) is 0 Å². The molecule has 2 aromatic heterocycles. The van der Waals surface area contributed by atoms with Crippen LogP contribution in [0.25, 0.3) is 21.9 Å². The molecule has 0 bridgehead atoms. The van der Waals surface area contributed by atoms with Crippen LogP contribution in [-0.2, 0) is 0 Å². The first-order valence-corrected chi connectivity index (χ1v) is 6.84. The van der Waals surface area contributed by atoms with E-state index < -0.39 is 0 Å². The van der Waals surface area contributed by atoms with Gasteiger partial charge in [-0.25, -0.2) is 0 Å². The largest absolute Gasteiger partial charge is 0.496 e. The molecule has 1 aromatic carbocycles. The van der Waals surface area contributed by atoms with Crippen LogP contribution in [0.4, 0.5) is 0 Å². The van der Waals surface area contributed by atoms with Crippen LogP contribution >= 0.6 is 0 Å². The topological polar surface area (TPSA) is 64.2 Å². The van der Waals surface area contributed by atoms with Gasteiger partial charge >= 0.3 is 0 Å². The second kappa shape index (κ2) is 5.52. The summed E-state index contributed by atoms with van der Waals surface area (Å²) >= 11 is 0. The molecule has 0 saturated carbocycles. The number of methoxy groups -OCH3 is 2. The molecule has 0 fully saturated rings. The van der Waals surface area contributed by atoms with Crippen molar-refractivity contribution in [3.63, 3.8) is 0 Å². The van der Waals surface area contributed by atoms with Gasteiger partial charge in [0.15, 0.2) is 0 Å². The van der Waals surface area contributed by atoms with Gasteiger partial charge in [-0.05, 0) is 36.1 Å². The molecular formula is C17H16N2O3. The Labute approximate surface area is 127 Å². The number of pyridine rings is 2. The molecule has 0 amide bonds. The Bertz CT molecular complexity index is 875. The smallest absolute Gasteiger partial charge is 0.257 e. The monoisotopic (exact) mass is 296 g/mol. The number of hydrogen-bond acceptors (Lipinski definition) is 4. The molecule has 0 aliphatic rings. The summed E-state index contributed by atoms with van der Waals surface area (Å²) in [4.78, 5) is 18.7. The first kappa shape index (κ1) is 14.1. The Morgan fingerprint density at radius 3 is 2.41 bits per heavy atom. The van der Waals surface area contributed by atoms with Gasteiger partial charge in [0.25, 0.3) is 5.56 Å². The molecule has 5 nitrogen and oxygen atoms in total. The van der Waals surface area contributed by atoms with Crippen LogP contribution in [0.3, 0.4) is 0 Å². The number of ether oxygens (including phenoxy) is 2. The highest BCUT2D eigenvalue weighted by atomic mass is 16.5. The fourth-order valence-electron chi connectivity index (χ4n) is 2.58. The summed E-state index contributed by atoms with van der Waals surface area (Å²) in [6.45, 7) is 1.94. The number of hydrogen-bond donors (Lipinski definition) is 1. The molecule has 0 aliphatic heterocycles. The maximum Gasteiger partial charge on any atom is 0.257 e. The van der Waals surface area contributed by atoms with Gasteiger partial charge < -0.3 is 14.5 Å². The average molecular weight is 296 g/mol. The second-order valence-electron chi connectivity index (χ2n) is 4.96. The van der Waals surface area contributed by atoms with Gasteiger partial charge in [0.05, 0.1) is 19.6 Å². The SMILES string of the molecule is COc1cc(-c2c[nH]c(=O)c3cnccc23)cc(OC)c1C. The Balaban J connectivity index is 2.33. The van der Waals surface area contributed by atoms with Crippen molar-refractivity contribution in [2.45, 2.75) is 6.92 Å². The van der Waals surface area contributed by atoms with Crippen molar-refractivity contribution >= 4 is 10.8 Å². The predicted octanol–water partition coefficient (Wildman–Crippen LogP) is 2.92. The normalized spacial score (nSPS) is 10.7. The molecule has 0 atom stereocenters. The fourth-order valence-corrected chi connectivity index (χ4v) is 2.58. The summed E-state index contributed by atoms with van der Waals surface area (Å²) in [5.41, 5.74) is 2.59. The molecule has 0 spiro atoms. The van der Waals surface area contributed by atoms with Crippen LogP contribution in [0.5, 0.6) is 11.5 Å². The summed E-state index contributed by atoms with van der Waals surface area (Å²) in [7, 11) is 3.25. The summed E-state index contributed by atoms with van der Waals surface area (Å²) in [6, 6.07) is 5.70. The van der Waals surface area contributed by atoms with E-state index in [1.165, 1.54) is 0 Å². The number of benzene rings is 1. The molecule has 5 heteroatoms. The van der Waals surface area contributed by atoms with E-state index in [0.29, 0.717) is 5.39 Å². The van der Waals surface area contributed by atoms with Crippen LogP contribution in [0.2, 0.25) is 0 Å². The molecule has 0 saturated heterocycles. The Kier molecular flexibility index (Phi) is 3.55. The van der Waals surface area contributed by atoms with E-state index in [-0.39, 0.29) is 5.56 Å². The highest BCUT2D eigenvalue weighted by Gasteiger charge is 2.12. The zero-order valence-corrected chi connectivity index (χ0v) is 12.6. The molecule has 0 radical (unpaired) electrons. The number of fused-ring (bicyclic) bond motifs is 1. The standard InChI is InChI=1S/C17H16N2O3/c1-10-15(21-2)6-11(7-16(10)22-3)13-9-19-17(20)14-8-18-5-4-12(13)14/h4-9H,1-3H3,(H,19,20). The van der Waals surface area contributed by atoms with Crippen LogP contribution < -0.4 is 15.0 Å². The van der Waals surface area contributed by atoms with E-state index in [1.807, 2.05) is 25.1 Å². The third-order valence-corrected chi connectivity index (χ3v) is 3.77. The number of rotatable bonds is 3. The molecular weight excluding hydrogens is 280 g/mol. The number of H-pyrrole nitrogens is 1. The van der Waals surface area contributed by atoms with E-state index >= 15 is 0 Å². The lowest BCUT2D eigenvalue weighted by molar-refractivity contribution is 0.389. The van der Waals surface area contributed by atoms with E-state index in [4.69, 9.17) is 9.47 Å². The van der Waals surface area contributed by atoms with E-state index in [0.717, 1.165) is 33.6 Å². The predicted molar refractivity (Wildman–Crippen MR) is 85.6 cm³/mol. The van der Waals surface area contributed by atoms with Crippen molar-refractivity contribution < 1.29 is 9.47 Å². The Morgan fingerprint density at radius 2 is 1.77 bits per heavy atom. The van der Waals surface area contributed by atoms with Crippen LogP contribution in [0.15, 0.2) is 41.6 Å². The first-order valence-electron chi connectivity index (χ1n) is 6.84. The van der Waals surface area contributed by atoms with Gasteiger partial charge in [-0.15, -0.1) is 0 Å². The van der Waals surface area contributed by atoms with Crippen molar-refractivity contribution in [1.82, 2.24) is 9.97 Å². The summed E-state index contributed by atoms with van der Waals surface area (Å²) < 4.78 is 10.8. The molecule has 3 rings (SSSR count). The lowest BCUT2D eigenvalue weighted by Gasteiger charge is -2.13. The van der Waals surface area contributed by atoms with Crippen LogP contribution in [-0.4, -0.2) is 24.2 Å². The van der Waals surface area contributed by atoms with Gasteiger partial charge in [0.1, 0.15) is 11.5 Å². The number of aromatic nitrogens is 2. The quantitative estimate of drug-likeness (QED) is 0.807. The molecule has 112 valence electrons. The number of nitrogens with zero attached hydrogens (tertiary/aromatic N) is 1. The molecule has 2 heterocycles. The maximum absolute atomic E-state index is 11.9. The van der Waals surface area contributed by atoms with E-state index in [9.17, 15) is 4.79 Å². The molecule has 1 N–H and O–H groups in total. The highest BCUT2D eigenvalue weighted by Crippen LogP contribution is 2.36. The average Bonchev–Trinajstić information content (AvgIpc) is 2.56. The second-order valence-corrected chi connectivity index (χ2v) is 4.96. The maximum atomic E-state index is 11.9. The van der Waals surface area contributed by atoms with Crippen molar-refractivity contribution in [3.05, 3.63) is 52.7 Å². The molecule has 3 aromatic rings. The lowest BCUT2D eigenvalue weighted by Crippen LogP contribution is -2.06. The van der Waals surface area contributed by atoms with Gasteiger partial charge in [-0.2, -0.15) is 0 Å². The summed E-state index contributed by atoms with van der Waals surface area (Å²) in [5, 5.41) is 1.39. The molecule has 0 aliphatic carbocycles. The van der Waals surface area contributed by atoms with Gasteiger partial charge in [0.2, 0.25) is 0 Å².